The molecule has 13 heteroatoms. The number of benzene rings is 1. The van der Waals surface area contributed by atoms with Gasteiger partial charge >= 0.3 is 12.2 Å². The van der Waals surface area contributed by atoms with Crippen LogP contribution in [0.15, 0.2) is 24.0 Å². The number of hydrogen-bond donors (Lipinski definition) is 1. The molecule has 1 aromatic heterocycles. The van der Waals surface area contributed by atoms with Gasteiger partial charge in [-0.3, -0.25) is 4.90 Å². The maximum absolute atomic E-state index is 13.7. The first-order valence-corrected chi connectivity index (χ1v) is 14.5. The molecule has 230 valence electrons. The second-order valence-electron chi connectivity index (χ2n) is 11.3. The summed E-state index contributed by atoms with van der Waals surface area (Å²) in [5.41, 5.74) is 7.18. The largest absolute Gasteiger partial charge is 0.467 e. The van der Waals surface area contributed by atoms with Crippen molar-refractivity contribution in [3.05, 3.63) is 51.4 Å². The first-order chi connectivity index (χ1) is 20.1. The zero-order valence-corrected chi connectivity index (χ0v) is 24.5. The number of nitrogens with zero attached hydrogens (tertiary/aromatic N) is 4. The predicted octanol–water partition coefficient (Wildman–Crippen LogP) is 5.73. The lowest BCUT2D eigenvalue weighted by Crippen LogP contribution is -2.32. The Balaban J connectivity index is 0.000000295. The van der Waals surface area contributed by atoms with Crippen LogP contribution < -0.4 is 15.4 Å². The molecule has 2 N–H and O–H groups in total. The molecule has 3 atom stereocenters. The average molecular weight is 614 g/mol. The Morgan fingerprint density at radius 2 is 2.00 bits per heavy atom. The lowest BCUT2D eigenvalue weighted by Gasteiger charge is -2.32. The van der Waals surface area contributed by atoms with Gasteiger partial charge in [0.2, 0.25) is 0 Å². The van der Waals surface area contributed by atoms with Crippen LogP contribution in [0.4, 0.5) is 29.1 Å². The molecule has 0 radical (unpaired) electrons. The summed E-state index contributed by atoms with van der Waals surface area (Å²) in [5.74, 6) is 0.944. The Bertz CT molecular complexity index is 1300. The number of nitrogens with two attached hydrogens (primary N) is 1. The normalized spacial score (nSPS) is 25.5. The van der Waals surface area contributed by atoms with Gasteiger partial charge in [-0.2, -0.15) is 23.1 Å². The Labute approximate surface area is 247 Å². The molecule has 42 heavy (non-hydrogen) atoms. The summed E-state index contributed by atoms with van der Waals surface area (Å²) in [4.78, 5) is 13.4. The minimum Gasteiger partial charge on any atom is -0.467 e. The van der Waals surface area contributed by atoms with Crippen molar-refractivity contribution in [2.24, 2.45) is 5.92 Å². The third-order valence-electron chi connectivity index (χ3n) is 8.11. The van der Waals surface area contributed by atoms with E-state index in [1.165, 1.54) is 32.6 Å². The van der Waals surface area contributed by atoms with Crippen molar-refractivity contribution in [1.29, 1.82) is 0 Å². The van der Waals surface area contributed by atoms with Gasteiger partial charge in [-0.05, 0) is 55.0 Å². The molecule has 4 aliphatic rings. The number of methoxy groups -OCH3 is 1. The number of fused-ring (bicyclic) bond motifs is 2. The number of alkyl halides is 3. The molecule has 6 rings (SSSR count). The van der Waals surface area contributed by atoms with Crippen LogP contribution in [0.2, 0.25) is 5.02 Å². The Morgan fingerprint density at radius 1 is 1.19 bits per heavy atom. The monoisotopic (exact) mass is 613 g/mol. The van der Waals surface area contributed by atoms with Gasteiger partial charge in [0.15, 0.2) is 0 Å². The maximum Gasteiger partial charge on any atom is 0.418 e. The van der Waals surface area contributed by atoms with Gasteiger partial charge in [-0.1, -0.05) is 18.5 Å². The first-order valence-electron chi connectivity index (χ1n) is 14.1. The highest BCUT2D eigenvalue weighted by Crippen LogP contribution is 2.44. The summed E-state index contributed by atoms with van der Waals surface area (Å²) in [6.07, 6.45) is -1.11. The van der Waals surface area contributed by atoms with Crippen molar-refractivity contribution in [1.82, 2.24) is 14.9 Å². The fourth-order valence-electron chi connectivity index (χ4n) is 6.20. The highest BCUT2D eigenvalue weighted by Gasteiger charge is 2.40. The van der Waals surface area contributed by atoms with E-state index in [-0.39, 0.29) is 36.2 Å². The molecule has 0 spiro atoms. The lowest BCUT2D eigenvalue weighted by atomic mass is 9.94. The number of nitrogen functional groups attached to an aromatic ring is 1. The van der Waals surface area contributed by atoms with Gasteiger partial charge in [0.05, 0.1) is 55.6 Å². The Hall–Kier alpha value is -2.67. The lowest BCUT2D eigenvalue weighted by molar-refractivity contribution is -0.139. The number of halogens is 5. The molecule has 2 aromatic rings. The van der Waals surface area contributed by atoms with Gasteiger partial charge in [-0.15, -0.1) is 0 Å². The van der Waals surface area contributed by atoms with Crippen LogP contribution in [0.3, 0.4) is 0 Å². The predicted molar refractivity (Wildman–Crippen MR) is 151 cm³/mol. The molecule has 5 heterocycles. The van der Waals surface area contributed by atoms with Crippen molar-refractivity contribution in [3.63, 3.8) is 0 Å². The van der Waals surface area contributed by atoms with Crippen molar-refractivity contribution in [2.75, 3.05) is 57.1 Å². The summed E-state index contributed by atoms with van der Waals surface area (Å²) in [6, 6.07) is 3.19. The smallest absolute Gasteiger partial charge is 0.418 e. The first kappa shape index (κ1) is 30.8. The highest BCUT2D eigenvalue weighted by atomic mass is 35.5. The molecule has 3 saturated heterocycles. The molecule has 0 aliphatic carbocycles. The van der Waals surface area contributed by atoms with Crippen LogP contribution in [0.1, 0.15) is 54.7 Å². The van der Waals surface area contributed by atoms with E-state index in [0.29, 0.717) is 37.3 Å². The molecular weight excluding hydrogens is 578 g/mol. The highest BCUT2D eigenvalue weighted by molar-refractivity contribution is 6.31. The van der Waals surface area contributed by atoms with Crippen LogP contribution in [0, 0.1) is 5.92 Å². The summed E-state index contributed by atoms with van der Waals surface area (Å²) in [5, 5.41) is -0.457. The van der Waals surface area contributed by atoms with Gasteiger partial charge in [0.25, 0.3) is 0 Å². The second kappa shape index (κ2) is 12.9. The van der Waals surface area contributed by atoms with E-state index < -0.39 is 22.9 Å². The third kappa shape index (κ3) is 6.77. The number of ether oxygens (including phenoxy) is 3. The summed E-state index contributed by atoms with van der Waals surface area (Å²) in [7, 11) is 1.45. The molecular formula is C29H36ClF4N5O3. The third-order valence-corrected chi connectivity index (χ3v) is 8.41. The SMILES string of the molecule is COc1nc2c(c(N3CCOCC(C)C3)n1)COC(c1cc(N)cc(Cl)c1C(F)(F)F)C2.F/C=C1/CC2CCCN2C1. The van der Waals surface area contributed by atoms with Crippen molar-refractivity contribution >= 4 is 23.1 Å². The van der Waals surface area contributed by atoms with E-state index in [1.54, 1.807) is 0 Å². The van der Waals surface area contributed by atoms with E-state index in [4.69, 9.17) is 31.5 Å². The van der Waals surface area contributed by atoms with E-state index in [1.807, 2.05) is 0 Å². The fourth-order valence-corrected chi connectivity index (χ4v) is 6.54. The Kier molecular flexibility index (Phi) is 9.46. The fraction of sp³-hybridized carbons (Fsp3) is 0.586. The van der Waals surface area contributed by atoms with Gasteiger partial charge in [-0.25, -0.2) is 4.39 Å². The molecule has 0 saturated carbocycles. The van der Waals surface area contributed by atoms with Gasteiger partial charge < -0.3 is 24.8 Å². The molecule has 4 aliphatic heterocycles. The van der Waals surface area contributed by atoms with E-state index >= 15 is 0 Å². The topological polar surface area (TPSA) is 86.0 Å². The van der Waals surface area contributed by atoms with Crippen LogP contribution >= 0.6 is 11.6 Å². The van der Waals surface area contributed by atoms with Crippen LogP contribution in [0.5, 0.6) is 6.01 Å². The van der Waals surface area contributed by atoms with Gasteiger partial charge in [0, 0.05) is 43.3 Å². The molecule has 3 unspecified atom stereocenters. The standard InChI is InChI=1S/C21H24ClF3N4O3.C8H12FN/c1-11-8-29(3-4-31-9-11)19-14-10-32-17(7-16(14)27-20(28-19)30-2)13-5-12(26)6-15(22)18(13)21(23,24)25;9-5-7-4-8-2-1-3-10(8)6-7/h5-6,11,17H,3-4,7-10,26H2,1-2H3;5,8H,1-4,6H2/b;7-5-. The zero-order valence-electron chi connectivity index (χ0n) is 23.7. The van der Waals surface area contributed by atoms with Crippen molar-refractivity contribution in [3.8, 4) is 6.01 Å². The summed E-state index contributed by atoms with van der Waals surface area (Å²) >= 11 is 5.92. The number of aromatic nitrogens is 2. The molecule has 3 fully saturated rings. The van der Waals surface area contributed by atoms with Crippen molar-refractivity contribution in [2.45, 2.75) is 57.5 Å². The minimum atomic E-state index is -4.65. The zero-order chi connectivity index (χ0) is 30.0. The summed E-state index contributed by atoms with van der Waals surface area (Å²) < 4.78 is 70.1. The Morgan fingerprint density at radius 3 is 2.71 bits per heavy atom. The van der Waals surface area contributed by atoms with E-state index in [0.717, 1.165) is 43.0 Å². The van der Waals surface area contributed by atoms with Crippen molar-refractivity contribution < 1.29 is 31.8 Å². The average Bonchev–Trinajstić information content (AvgIpc) is 3.48. The minimum absolute atomic E-state index is 0.0504. The second-order valence-corrected chi connectivity index (χ2v) is 11.7. The van der Waals surface area contributed by atoms with E-state index in [9.17, 15) is 17.6 Å². The number of anilines is 2. The quantitative estimate of drug-likeness (QED) is 0.347. The van der Waals surface area contributed by atoms with Crippen LogP contribution in [0.25, 0.3) is 0 Å². The molecule has 1 aromatic carbocycles. The molecule has 8 nitrogen and oxygen atoms in total. The van der Waals surface area contributed by atoms with Gasteiger partial charge in [0.1, 0.15) is 5.82 Å². The summed E-state index contributed by atoms with van der Waals surface area (Å²) in [6.45, 7) is 6.75. The van der Waals surface area contributed by atoms with E-state index in [2.05, 4.69) is 26.7 Å². The van der Waals surface area contributed by atoms with Crippen LogP contribution in [-0.4, -0.2) is 67.4 Å². The maximum atomic E-state index is 13.7. The molecule has 0 bridgehead atoms. The molecule has 0 amide bonds. The number of hydrogen-bond acceptors (Lipinski definition) is 8. The van der Waals surface area contributed by atoms with Crippen LogP contribution in [-0.2, 0) is 28.7 Å². The number of rotatable bonds is 3.